The van der Waals surface area contributed by atoms with Gasteiger partial charge in [-0.05, 0) is 27.2 Å². The highest BCUT2D eigenvalue weighted by Gasteiger charge is 2.44. The molecule has 1 saturated heterocycles. The highest BCUT2D eigenvalue weighted by Crippen LogP contribution is 2.40. The van der Waals surface area contributed by atoms with E-state index in [2.05, 4.69) is 5.32 Å². The number of primary amides is 1. The molecule has 0 aliphatic carbocycles. The van der Waals surface area contributed by atoms with Crippen molar-refractivity contribution in [2.45, 2.75) is 51.7 Å². The van der Waals surface area contributed by atoms with Gasteiger partial charge in [-0.1, -0.05) is 0 Å². The highest BCUT2D eigenvalue weighted by atomic mass is 31.2. The Morgan fingerprint density at radius 1 is 1.36 bits per heavy atom. The van der Waals surface area contributed by atoms with Crippen LogP contribution in [0.2, 0.25) is 0 Å². The summed E-state index contributed by atoms with van der Waals surface area (Å²) >= 11 is 0. The number of aliphatic hydroxyl groups is 1. The van der Waals surface area contributed by atoms with Crippen molar-refractivity contribution in [1.29, 1.82) is 0 Å². The molecule has 1 aliphatic rings. The van der Waals surface area contributed by atoms with Crippen LogP contribution in [0.5, 0.6) is 0 Å². The summed E-state index contributed by atoms with van der Waals surface area (Å²) in [7, 11) is -2.17. The van der Waals surface area contributed by atoms with E-state index in [9.17, 15) is 19.3 Å². The number of carbonyl (C=O) groups excluding carboxylic acids is 2. The molecule has 1 amide bonds. The molecule has 0 aromatic heterocycles. The molecule has 1 heterocycles. The Morgan fingerprint density at radius 2 is 2.00 bits per heavy atom. The van der Waals surface area contributed by atoms with Crippen molar-refractivity contribution >= 4 is 19.4 Å². The molecule has 11 nitrogen and oxygen atoms in total. The molecule has 1 rings (SSSR count). The summed E-state index contributed by atoms with van der Waals surface area (Å²) in [5, 5.41) is 13.1. The van der Waals surface area contributed by atoms with E-state index in [0.717, 1.165) is 6.08 Å². The first-order valence-corrected chi connectivity index (χ1v) is 10.5. The van der Waals surface area contributed by atoms with Gasteiger partial charge in [0.15, 0.2) is 13.0 Å². The molecule has 3 unspecified atom stereocenters. The molecule has 28 heavy (non-hydrogen) atoms. The Kier molecular flexibility index (Phi) is 9.06. The first-order chi connectivity index (χ1) is 12.9. The van der Waals surface area contributed by atoms with Crippen LogP contribution in [0.1, 0.15) is 27.2 Å². The number of rotatable bonds is 10. The first-order valence-electron chi connectivity index (χ1n) is 8.65. The second kappa shape index (κ2) is 10.3. The van der Waals surface area contributed by atoms with E-state index in [1.165, 1.54) is 13.3 Å². The summed E-state index contributed by atoms with van der Waals surface area (Å²) in [4.78, 5) is 22.4. The lowest BCUT2D eigenvalue weighted by molar-refractivity contribution is -0.159. The number of hydrogen-bond donors (Lipinski definition) is 4. The number of amides is 1. The third kappa shape index (κ3) is 7.86. The number of carbonyl (C=O) groups is 2. The molecular weight excluding hydrogens is 393 g/mol. The number of methoxy groups -OCH3 is 1. The van der Waals surface area contributed by atoms with Crippen LogP contribution in [0.3, 0.4) is 0 Å². The predicted octanol–water partition coefficient (Wildman–Crippen LogP) is -0.219. The van der Waals surface area contributed by atoms with Gasteiger partial charge in [0.05, 0.1) is 11.5 Å². The largest absolute Gasteiger partial charge is 0.438 e. The van der Waals surface area contributed by atoms with E-state index in [-0.39, 0.29) is 12.6 Å². The quantitative estimate of drug-likeness (QED) is 0.159. The molecule has 1 aliphatic heterocycles. The monoisotopic (exact) mass is 423 g/mol. The van der Waals surface area contributed by atoms with Crippen molar-refractivity contribution in [1.82, 2.24) is 5.32 Å². The van der Waals surface area contributed by atoms with Crippen LogP contribution in [0.25, 0.3) is 0 Å². The van der Waals surface area contributed by atoms with Gasteiger partial charge in [0.25, 0.3) is 7.52 Å². The minimum atomic E-state index is -3.57. The third-order valence-corrected chi connectivity index (χ3v) is 5.34. The maximum Gasteiger partial charge on any atom is 0.313 e. The second-order valence-electron chi connectivity index (χ2n) is 7.36. The van der Waals surface area contributed by atoms with Crippen LogP contribution in [0, 0.1) is 5.41 Å². The fourth-order valence-electron chi connectivity index (χ4n) is 2.36. The van der Waals surface area contributed by atoms with Crippen LogP contribution in [-0.2, 0) is 32.9 Å². The molecule has 5 atom stereocenters. The van der Waals surface area contributed by atoms with Crippen molar-refractivity contribution in [2.24, 2.45) is 16.7 Å². The van der Waals surface area contributed by atoms with E-state index < -0.39 is 56.1 Å². The van der Waals surface area contributed by atoms with E-state index in [1.54, 1.807) is 20.8 Å². The zero-order valence-corrected chi connectivity index (χ0v) is 17.4. The van der Waals surface area contributed by atoms with E-state index in [1.807, 2.05) is 0 Å². The molecule has 0 aromatic rings. The maximum atomic E-state index is 12.3. The number of ether oxygens (including phenoxy) is 3. The third-order valence-electron chi connectivity index (χ3n) is 3.92. The zero-order chi connectivity index (χ0) is 21.5. The molecule has 0 spiro atoms. The Hall–Kier alpha value is -1.49. The van der Waals surface area contributed by atoms with Gasteiger partial charge in [-0.25, -0.2) is 0 Å². The Morgan fingerprint density at radius 3 is 2.54 bits per heavy atom. The van der Waals surface area contributed by atoms with Crippen LogP contribution in [0.4, 0.5) is 0 Å². The number of nitrogens with one attached hydrogen (secondary N) is 1. The molecule has 0 saturated carbocycles. The van der Waals surface area contributed by atoms with Crippen molar-refractivity contribution in [3.63, 3.8) is 0 Å². The molecule has 12 heteroatoms. The number of hydrogen-bond acceptors (Lipinski definition) is 9. The fourth-order valence-corrected chi connectivity index (χ4v) is 3.33. The van der Waals surface area contributed by atoms with Gasteiger partial charge < -0.3 is 30.4 Å². The smallest absolute Gasteiger partial charge is 0.313 e. The lowest BCUT2D eigenvalue weighted by Gasteiger charge is -2.20. The molecule has 1 fully saturated rings. The fraction of sp³-hybridized carbons (Fsp3) is 0.750. The molecule has 0 bridgehead atoms. The summed E-state index contributed by atoms with van der Waals surface area (Å²) in [5.41, 5.74) is 9.93. The molecule has 6 N–H and O–H groups in total. The molecular formula is C16H30N3O8P. The van der Waals surface area contributed by atoms with E-state index >= 15 is 0 Å². The summed E-state index contributed by atoms with van der Waals surface area (Å²) < 4.78 is 33.0. The summed E-state index contributed by atoms with van der Waals surface area (Å²) in [6, 6.07) is 0. The molecule has 162 valence electrons. The SMILES string of the molecule is COC1C(O)[C@@H](CCP(N)(=O)OCOC(=O)C(C)(C)C)O[C@H]1N/C=C\C(N)=O. The van der Waals surface area contributed by atoms with Crippen LogP contribution in [-0.4, -0.2) is 61.6 Å². The van der Waals surface area contributed by atoms with E-state index in [0.29, 0.717) is 0 Å². The van der Waals surface area contributed by atoms with Crippen LogP contribution in [0.15, 0.2) is 12.3 Å². The van der Waals surface area contributed by atoms with Crippen LogP contribution < -0.4 is 16.6 Å². The Labute approximate surface area is 164 Å². The van der Waals surface area contributed by atoms with Crippen LogP contribution >= 0.6 is 7.52 Å². The number of esters is 1. The van der Waals surface area contributed by atoms with Crippen molar-refractivity contribution in [3.05, 3.63) is 12.3 Å². The molecule has 0 aromatic carbocycles. The average molecular weight is 423 g/mol. The van der Waals surface area contributed by atoms with E-state index in [4.69, 9.17) is 30.0 Å². The number of aliphatic hydroxyl groups excluding tert-OH is 1. The zero-order valence-electron chi connectivity index (χ0n) is 16.5. The van der Waals surface area contributed by atoms with Crippen molar-refractivity contribution < 1.29 is 38.0 Å². The Bertz CT molecular complexity index is 622. The first kappa shape index (κ1) is 24.5. The summed E-state index contributed by atoms with van der Waals surface area (Å²) in [6.45, 7) is 4.49. The van der Waals surface area contributed by atoms with Gasteiger partial charge in [0.2, 0.25) is 5.91 Å². The van der Waals surface area contributed by atoms with Gasteiger partial charge in [-0.15, -0.1) is 0 Å². The average Bonchev–Trinajstić information content (AvgIpc) is 2.86. The van der Waals surface area contributed by atoms with Gasteiger partial charge in [0.1, 0.15) is 12.2 Å². The van der Waals surface area contributed by atoms with Gasteiger partial charge in [-0.2, -0.15) is 0 Å². The lowest BCUT2D eigenvalue weighted by atomic mass is 9.98. The second-order valence-corrected chi connectivity index (χ2v) is 9.51. The summed E-state index contributed by atoms with van der Waals surface area (Å²) in [5.74, 6) is -1.16. The van der Waals surface area contributed by atoms with Gasteiger partial charge in [0, 0.05) is 25.5 Å². The topological polar surface area (TPSA) is 172 Å². The van der Waals surface area contributed by atoms with Gasteiger partial charge in [-0.3, -0.25) is 24.2 Å². The normalized spacial score (nSPS) is 27.5. The molecule has 0 radical (unpaired) electrons. The predicted molar refractivity (Wildman–Crippen MR) is 99.7 cm³/mol. The number of nitrogens with two attached hydrogens (primary N) is 2. The maximum absolute atomic E-state index is 12.3. The van der Waals surface area contributed by atoms with Gasteiger partial charge >= 0.3 is 5.97 Å². The summed E-state index contributed by atoms with van der Waals surface area (Å²) in [6.07, 6.45) is -0.850. The highest BCUT2D eigenvalue weighted by molar-refractivity contribution is 7.56. The minimum Gasteiger partial charge on any atom is -0.438 e. The standard InChI is InChI=1S/C16H30N3O8P/c1-16(2,3)15(22)25-9-26-28(18,23)8-6-10-12(21)13(24-4)14(27-10)19-7-5-11(17)20/h5,7,10,12-14,19,21H,6,8-9H2,1-4H3,(H2,17,20)(H2,18,23)/b7-5-/t10-,12?,13?,14-,28?/m1/s1. The van der Waals surface area contributed by atoms with Crippen molar-refractivity contribution in [3.8, 4) is 0 Å². The minimum absolute atomic E-state index is 0.109. The lowest BCUT2D eigenvalue weighted by Crippen LogP contribution is -2.40. The van der Waals surface area contributed by atoms with Crippen molar-refractivity contribution in [2.75, 3.05) is 20.1 Å². The Balaban J connectivity index is 2.52.